The summed E-state index contributed by atoms with van der Waals surface area (Å²) in [6.45, 7) is 8.22. The van der Waals surface area contributed by atoms with Crippen molar-refractivity contribution in [1.82, 2.24) is 14.5 Å². The minimum absolute atomic E-state index is 0.0213. The number of aryl methyl sites for hydroxylation is 2. The van der Waals surface area contributed by atoms with Gasteiger partial charge in [0.05, 0.1) is 11.4 Å². The van der Waals surface area contributed by atoms with Crippen molar-refractivity contribution < 1.29 is 17.9 Å². The number of nitrogens with one attached hydrogen (secondary N) is 1. The summed E-state index contributed by atoms with van der Waals surface area (Å²) in [7, 11) is -4.00. The van der Waals surface area contributed by atoms with Crippen LogP contribution in [0.15, 0.2) is 17.0 Å². The van der Waals surface area contributed by atoms with E-state index in [2.05, 4.69) is 9.82 Å². The Bertz CT molecular complexity index is 897. The van der Waals surface area contributed by atoms with Crippen molar-refractivity contribution in [2.45, 2.75) is 39.1 Å². The van der Waals surface area contributed by atoms with Crippen LogP contribution in [-0.2, 0) is 16.6 Å². The van der Waals surface area contributed by atoms with E-state index in [-0.39, 0.29) is 10.6 Å². The van der Waals surface area contributed by atoms with Crippen molar-refractivity contribution in [1.29, 1.82) is 0 Å². The van der Waals surface area contributed by atoms with Gasteiger partial charge in [0.15, 0.2) is 5.69 Å². The molecule has 128 valence electrons. The zero-order valence-corrected chi connectivity index (χ0v) is 14.8. The molecule has 0 spiro atoms. The monoisotopic (exact) mass is 349 g/mol. The zero-order valence-electron chi connectivity index (χ0n) is 14.0. The first-order valence-corrected chi connectivity index (χ1v) is 9.04. The highest BCUT2D eigenvalue weighted by Crippen LogP contribution is 2.26. The molecular weight excluding hydrogens is 330 g/mol. The molecule has 0 atom stereocenters. The number of nitrogens with zero attached hydrogens (tertiary/aromatic N) is 2. The summed E-state index contributed by atoms with van der Waals surface area (Å²) < 4.78 is 34.4. The van der Waals surface area contributed by atoms with Crippen LogP contribution < -0.4 is 9.46 Å². The standard InChI is InChI=1S/C16H19N3O4S/c1-9-7-10(2)12(4)15(11(9)3)24(21,22)18-16(20)13-8-14-19(17-13)5-6-23-14/h7-8H,5-6H2,1-4H3,(H,18,20). The summed E-state index contributed by atoms with van der Waals surface area (Å²) in [4.78, 5) is 12.5. The molecule has 0 saturated carbocycles. The lowest BCUT2D eigenvalue weighted by atomic mass is 10.0. The van der Waals surface area contributed by atoms with E-state index in [1.165, 1.54) is 10.7 Å². The van der Waals surface area contributed by atoms with Gasteiger partial charge >= 0.3 is 0 Å². The molecule has 1 aliphatic rings. The van der Waals surface area contributed by atoms with Gasteiger partial charge in [-0.05, 0) is 49.9 Å². The Morgan fingerprint density at radius 1 is 1.17 bits per heavy atom. The van der Waals surface area contributed by atoms with Crippen molar-refractivity contribution in [3.05, 3.63) is 40.1 Å². The van der Waals surface area contributed by atoms with Crippen LogP contribution in [0.2, 0.25) is 0 Å². The molecule has 3 rings (SSSR count). The second-order valence-electron chi connectivity index (χ2n) is 5.96. The molecule has 2 aromatic rings. The van der Waals surface area contributed by atoms with Crippen LogP contribution in [-0.4, -0.2) is 30.7 Å². The SMILES string of the molecule is Cc1cc(C)c(C)c(S(=O)(=O)NC(=O)c2cc3n(n2)CCO3)c1C. The number of ether oxygens (including phenoxy) is 1. The first-order chi connectivity index (χ1) is 11.2. The van der Waals surface area contributed by atoms with Crippen LogP contribution in [0.4, 0.5) is 0 Å². The van der Waals surface area contributed by atoms with E-state index in [4.69, 9.17) is 4.74 Å². The third-order valence-electron chi connectivity index (χ3n) is 4.32. The Kier molecular flexibility index (Phi) is 3.87. The molecule has 1 aromatic heterocycles. The fourth-order valence-electron chi connectivity index (χ4n) is 2.83. The van der Waals surface area contributed by atoms with Crippen molar-refractivity contribution in [2.24, 2.45) is 0 Å². The first-order valence-electron chi connectivity index (χ1n) is 7.56. The number of fused-ring (bicyclic) bond motifs is 1. The molecule has 1 N–H and O–H groups in total. The highest BCUT2D eigenvalue weighted by atomic mass is 32.2. The minimum Gasteiger partial charge on any atom is -0.476 e. The van der Waals surface area contributed by atoms with Gasteiger partial charge in [0.25, 0.3) is 15.9 Å². The molecule has 1 amide bonds. The van der Waals surface area contributed by atoms with Crippen molar-refractivity contribution >= 4 is 15.9 Å². The van der Waals surface area contributed by atoms with Crippen LogP contribution in [0.25, 0.3) is 0 Å². The lowest BCUT2D eigenvalue weighted by molar-refractivity contribution is 0.0975. The molecule has 7 nitrogen and oxygen atoms in total. The smallest absolute Gasteiger partial charge is 0.285 e. The quantitative estimate of drug-likeness (QED) is 0.909. The number of carbonyl (C=O) groups is 1. The second-order valence-corrected chi connectivity index (χ2v) is 7.58. The number of hydrogen-bond acceptors (Lipinski definition) is 5. The summed E-state index contributed by atoms with van der Waals surface area (Å²) in [6, 6.07) is 3.38. The maximum absolute atomic E-state index is 12.7. The van der Waals surface area contributed by atoms with Crippen LogP contribution >= 0.6 is 0 Å². The average molecular weight is 349 g/mol. The third kappa shape index (κ3) is 2.66. The molecule has 1 aliphatic heterocycles. The van der Waals surface area contributed by atoms with Crippen LogP contribution in [0, 0.1) is 27.7 Å². The molecule has 2 heterocycles. The lowest BCUT2D eigenvalue weighted by Gasteiger charge is -2.15. The molecule has 8 heteroatoms. The van der Waals surface area contributed by atoms with Crippen molar-refractivity contribution in [3.63, 3.8) is 0 Å². The minimum atomic E-state index is -4.00. The van der Waals surface area contributed by atoms with E-state index in [0.717, 1.165) is 11.1 Å². The van der Waals surface area contributed by atoms with Gasteiger partial charge < -0.3 is 4.74 Å². The van der Waals surface area contributed by atoms with E-state index < -0.39 is 15.9 Å². The molecule has 0 bridgehead atoms. The number of aromatic nitrogens is 2. The van der Waals surface area contributed by atoms with Gasteiger partial charge in [0, 0.05) is 6.07 Å². The first kappa shape index (κ1) is 16.5. The molecule has 0 aliphatic carbocycles. The highest BCUT2D eigenvalue weighted by Gasteiger charge is 2.27. The van der Waals surface area contributed by atoms with Crippen LogP contribution in [0.1, 0.15) is 32.7 Å². The molecule has 0 fully saturated rings. The second kappa shape index (κ2) is 5.62. The number of carbonyl (C=O) groups excluding carboxylic acids is 1. The molecule has 0 saturated heterocycles. The number of sulfonamides is 1. The lowest BCUT2D eigenvalue weighted by Crippen LogP contribution is -2.32. The maximum atomic E-state index is 12.7. The van der Waals surface area contributed by atoms with Gasteiger partial charge in [-0.1, -0.05) is 6.07 Å². The average Bonchev–Trinajstić information content (AvgIpc) is 3.05. The summed E-state index contributed by atoms with van der Waals surface area (Å²) in [5.41, 5.74) is 3.01. The molecule has 0 unspecified atom stereocenters. The number of hydrogen-bond donors (Lipinski definition) is 1. The zero-order chi connectivity index (χ0) is 17.6. The molecule has 24 heavy (non-hydrogen) atoms. The predicted molar refractivity (Wildman–Crippen MR) is 87.8 cm³/mol. The number of rotatable bonds is 3. The van der Waals surface area contributed by atoms with Gasteiger partial charge in [-0.3, -0.25) is 4.79 Å². The maximum Gasteiger partial charge on any atom is 0.285 e. The van der Waals surface area contributed by atoms with Crippen molar-refractivity contribution in [3.8, 4) is 5.88 Å². The highest BCUT2D eigenvalue weighted by molar-refractivity contribution is 7.90. The van der Waals surface area contributed by atoms with Gasteiger partial charge in [0.2, 0.25) is 5.88 Å². The summed E-state index contributed by atoms with van der Waals surface area (Å²) in [6.07, 6.45) is 0. The van der Waals surface area contributed by atoms with E-state index in [1.807, 2.05) is 19.9 Å². The summed E-state index contributed by atoms with van der Waals surface area (Å²) >= 11 is 0. The van der Waals surface area contributed by atoms with E-state index >= 15 is 0 Å². The van der Waals surface area contributed by atoms with Crippen LogP contribution in [0.5, 0.6) is 5.88 Å². The third-order valence-corrected chi connectivity index (χ3v) is 5.93. The predicted octanol–water partition coefficient (Wildman–Crippen LogP) is 1.63. The Morgan fingerprint density at radius 3 is 2.38 bits per heavy atom. The Balaban J connectivity index is 1.95. The van der Waals surface area contributed by atoms with E-state index in [1.54, 1.807) is 13.8 Å². The largest absolute Gasteiger partial charge is 0.476 e. The number of amides is 1. The van der Waals surface area contributed by atoms with Crippen LogP contribution in [0.3, 0.4) is 0 Å². The molecular formula is C16H19N3O4S. The molecule has 1 aromatic carbocycles. The Labute approximate surface area is 140 Å². The molecule has 0 radical (unpaired) electrons. The summed E-state index contributed by atoms with van der Waals surface area (Å²) in [5.74, 6) is -0.297. The van der Waals surface area contributed by atoms with E-state index in [9.17, 15) is 13.2 Å². The van der Waals surface area contributed by atoms with Crippen molar-refractivity contribution in [2.75, 3.05) is 6.61 Å². The Hall–Kier alpha value is -2.35. The fraction of sp³-hybridized carbons (Fsp3) is 0.375. The van der Waals surface area contributed by atoms with E-state index in [0.29, 0.717) is 30.2 Å². The van der Waals surface area contributed by atoms with Gasteiger partial charge in [-0.15, -0.1) is 0 Å². The normalized spacial score (nSPS) is 13.5. The topological polar surface area (TPSA) is 90.3 Å². The summed E-state index contributed by atoms with van der Waals surface area (Å²) in [5, 5.41) is 4.06. The van der Waals surface area contributed by atoms with Gasteiger partial charge in [-0.25, -0.2) is 17.8 Å². The Morgan fingerprint density at radius 2 is 1.79 bits per heavy atom. The fourth-order valence-corrected chi connectivity index (χ4v) is 4.41. The van der Waals surface area contributed by atoms with Gasteiger partial charge in [0.1, 0.15) is 6.61 Å². The van der Waals surface area contributed by atoms with Gasteiger partial charge in [-0.2, -0.15) is 5.10 Å². The number of benzene rings is 1.